The molecular weight excluding hydrogens is 396 g/mol. The second-order valence-corrected chi connectivity index (χ2v) is 7.21. The van der Waals surface area contributed by atoms with E-state index in [-0.39, 0.29) is 12.2 Å². The maximum absolute atomic E-state index is 12.9. The third kappa shape index (κ3) is 5.24. The summed E-state index contributed by atoms with van der Waals surface area (Å²) < 4.78 is 11.8. The van der Waals surface area contributed by atoms with Gasteiger partial charge in [0, 0.05) is 17.7 Å². The summed E-state index contributed by atoms with van der Waals surface area (Å²) in [7, 11) is 0. The molecule has 1 saturated heterocycles. The molecule has 0 atom stereocenters. The molecule has 1 aliphatic heterocycles. The molecule has 2 aromatic rings. The number of benzene rings is 2. The van der Waals surface area contributed by atoms with Gasteiger partial charge >= 0.3 is 0 Å². The Hall–Kier alpha value is -3.32. The van der Waals surface area contributed by atoms with E-state index < -0.39 is 11.8 Å². The van der Waals surface area contributed by atoms with Crippen LogP contribution in [0, 0.1) is 6.92 Å². The van der Waals surface area contributed by atoms with Crippen LogP contribution in [-0.4, -0.2) is 36.7 Å². The van der Waals surface area contributed by atoms with Gasteiger partial charge in [0.05, 0.1) is 18.9 Å². The van der Waals surface area contributed by atoms with E-state index in [0.29, 0.717) is 48.8 Å². The van der Waals surface area contributed by atoms with Gasteiger partial charge in [0.15, 0.2) is 0 Å². The molecule has 1 fully saturated rings. The number of aliphatic hydroxyl groups excluding tert-OH is 1. The smallest absolute Gasteiger partial charge is 0.282 e. The summed E-state index contributed by atoms with van der Waals surface area (Å²) in [5.41, 5.74) is 4.65. The fraction of sp³-hybridized carbons (Fsp3) is 0.333. The third-order valence-electron chi connectivity index (χ3n) is 4.85. The van der Waals surface area contributed by atoms with Crippen LogP contribution in [0.15, 0.2) is 48.0 Å². The van der Waals surface area contributed by atoms with Crippen molar-refractivity contribution in [3.8, 4) is 11.5 Å². The summed E-state index contributed by atoms with van der Waals surface area (Å²) in [5.74, 6) is 0.377. The zero-order valence-electron chi connectivity index (χ0n) is 17.9. The lowest BCUT2D eigenvalue weighted by Crippen LogP contribution is -2.35. The number of ether oxygens (including phenoxy) is 2. The van der Waals surface area contributed by atoms with Crippen molar-refractivity contribution in [2.45, 2.75) is 33.1 Å². The zero-order valence-corrected chi connectivity index (χ0v) is 17.9. The molecule has 31 heavy (non-hydrogen) atoms. The lowest BCUT2D eigenvalue weighted by atomic mass is 10.0. The molecule has 1 aliphatic rings. The predicted molar refractivity (Wildman–Crippen MR) is 119 cm³/mol. The maximum atomic E-state index is 12.9. The van der Waals surface area contributed by atoms with Crippen LogP contribution in [-0.2, 0) is 9.59 Å². The average Bonchev–Trinajstić information content (AvgIpc) is 3.06. The molecule has 1 heterocycles. The Balaban J connectivity index is 1.92. The first kappa shape index (κ1) is 22.4. The average molecular weight is 424 g/mol. The Morgan fingerprint density at radius 1 is 1.03 bits per heavy atom. The number of amides is 2. The predicted octanol–water partition coefficient (Wildman–Crippen LogP) is 3.40. The number of hydrazine groups is 1. The van der Waals surface area contributed by atoms with Crippen LogP contribution >= 0.6 is 0 Å². The van der Waals surface area contributed by atoms with Gasteiger partial charge in [-0.05, 0) is 56.5 Å². The first-order valence-electron chi connectivity index (χ1n) is 10.5. The molecule has 2 aromatic carbocycles. The summed E-state index contributed by atoms with van der Waals surface area (Å²) >= 11 is 0. The first-order chi connectivity index (χ1) is 15.1. The summed E-state index contributed by atoms with van der Waals surface area (Å²) in [6.45, 7) is 5.01. The van der Waals surface area contributed by atoms with Crippen molar-refractivity contribution in [2.24, 2.45) is 0 Å². The van der Waals surface area contributed by atoms with Gasteiger partial charge in [0.2, 0.25) is 0 Å². The van der Waals surface area contributed by atoms with E-state index in [1.54, 1.807) is 36.4 Å². The number of hydrogen-bond donors (Lipinski definition) is 2. The van der Waals surface area contributed by atoms with Crippen LogP contribution in [0.1, 0.15) is 37.3 Å². The van der Waals surface area contributed by atoms with E-state index in [4.69, 9.17) is 14.6 Å². The lowest BCUT2D eigenvalue weighted by Gasteiger charge is -2.16. The second-order valence-electron chi connectivity index (χ2n) is 7.21. The highest BCUT2D eigenvalue weighted by Crippen LogP contribution is 2.34. The van der Waals surface area contributed by atoms with Crippen LogP contribution in [0.3, 0.4) is 0 Å². The maximum Gasteiger partial charge on any atom is 0.282 e. The molecule has 0 aliphatic carbocycles. The summed E-state index contributed by atoms with van der Waals surface area (Å²) in [6.07, 6.45) is 3.75. The fourth-order valence-corrected chi connectivity index (χ4v) is 3.23. The molecular formula is C24H28N2O5. The standard InChI is InChI=1S/C24H28N2O5/c1-3-14-30-21-12-11-18(22(17(21)2)31-15-8-7-13-27)16-20-23(28)25-26(24(20)29)19-9-5-4-6-10-19/h4-6,9-12,16,27H,3,7-8,13-15H2,1-2H3,(H,25,28)/b20-16-. The molecule has 3 rings (SSSR count). The van der Waals surface area contributed by atoms with Crippen LogP contribution < -0.4 is 19.9 Å². The molecule has 0 saturated carbocycles. The summed E-state index contributed by atoms with van der Waals surface area (Å²) in [5, 5.41) is 10.2. The quantitative estimate of drug-likeness (QED) is 0.347. The number of para-hydroxylation sites is 1. The SMILES string of the molecule is CCCOc1ccc(/C=C2/C(=O)NN(c3ccccc3)C2=O)c(OCCCCO)c1C. The van der Waals surface area contributed by atoms with Crippen LogP contribution in [0.4, 0.5) is 5.69 Å². The minimum Gasteiger partial charge on any atom is -0.493 e. The number of anilines is 1. The van der Waals surface area contributed by atoms with Crippen LogP contribution in [0.5, 0.6) is 11.5 Å². The Morgan fingerprint density at radius 2 is 1.81 bits per heavy atom. The normalized spacial score (nSPS) is 14.8. The fourth-order valence-electron chi connectivity index (χ4n) is 3.23. The van der Waals surface area contributed by atoms with Crippen LogP contribution in [0.25, 0.3) is 6.08 Å². The van der Waals surface area contributed by atoms with Gasteiger partial charge in [-0.15, -0.1) is 0 Å². The molecule has 0 radical (unpaired) electrons. The van der Waals surface area contributed by atoms with Crippen molar-refractivity contribution in [3.05, 3.63) is 59.2 Å². The molecule has 2 N–H and O–H groups in total. The van der Waals surface area contributed by atoms with Crippen molar-refractivity contribution < 1.29 is 24.2 Å². The van der Waals surface area contributed by atoms with Crippen LogP contribution in [0.2, 0.25) is 0 Å². The van der Waals surface area contributed by atoms with Gasteiger partial charge < -0.3 is 14.6 Å². The Morgan fingerprint density at radius 3 is 2.52 bits per heavy atom. The van der Waals surface area contributed by atoms with E-state index in [1.165, 1.54) is 5.01 Å². The highest BCUT2D eigenvalue weighted by molar-refractivity contribution is 6.31. The van der Waals surface area contributed by atoms with E-state index in [9.17, 15) is 9.59 Å². The molecule has 0 unspecified atom stereocenters. The first-order valence-corrected chi connectivity index (χ1v) is 10.5. The van der Waals surface area contributed by atoms with Gasteiger partial charge in [-0.3, -0.25) is 15.0 Å². The van der Waals surface area contributed by atoms with Crippen molar-refractivity contribution in [3.63, 3.8) is 0 Å². The summed E-state index contributed by atoms with van der Waals surface area (Å²) in [4.78, 5) is 25.4. The van der Waals surface area contributed by atoms with E-state index in [2.05, 4.69) is 5.43 Å². The summed E-state index contributed by atoms with van der Waals surface area (Å²) in [6, 6.07) is 12.6. The number of unbranched alkanes of at least 4 members (excludes halogenated alkanes) is 1. The Kier molecular flexibility index (Phi) is 7.67. The molecule has 2 amide bonds. The molecule has 0 aromatic heterocycles. The van der Waals surface area contributed by atoms with E-state index >= 15 is 0 Å². The molecule has 7 heteroatoms. The van der Waals surface area contributed by atoms with Crippen molar-refractivity contribution in [1.82, 2.24) is 5.43 Å². The molecule has 164 valence electrons. The minimum atomic E-state index is -0.468. The van der Waals surface area contributed by atoms with Crippen molar-refractivity contribution in [1.29, 1.82) is 0 Å². The van der Waals surface area contributed by atoms with Gasteiger partial charge in [0.1, 0.15) is 17.1 Å². The number of rotatable bonds is 10. The van der Waals surface area contributed by atoms with Gasteiger partial charge in [-0.25, -0.2) is 5.01 Å². The van der Waals surface area contributed by atoms with E-state index in [1.807, 2.05) is 26.0 Å². The molecule has 7 nitrogen and oxygen atoms in total. The highest BCUT2D eigenvalue weighted by atomic mass is 16.5. The molecule has 0 bridgehead atoms. The second kappa shape index (κ2) is 10.6. The minimum absolute atomic E-state index is 0.0330. The van der Waals surface area contributed by atoms with E-state index in [0.717, 1.165) is 12.0 Å². The Labute approximate surface area is 182 Å². The van der Waals surface area contributed by atoms with Crippen molar-refractivity contribution >= 4 is 23.6 Å². The van der Waals surface area contributed by atoms with Gasteiger partial charge in [-0.2, -0.15) is 0 Å². The number of nitrogens with zero attached hydrogens (tertiary/aromatic N) is 1. The number of nitrogens with one attached hydrogen (secondary N) is 1. The molecule has 0 spiro atoms. The largest absolute Gasteiger partial charge is 0.493 e. The Bertz CT molecular complexity index is 956. The number of carbonyl (C=O) groups is 2. The zero-order chi connectivity index (χ0) is 22.2. The number of carbonyl (C=O) groups excluding carboxylic acids is 2. The third-order valence-corrected chi connectivity index (χ3v) is 4.85. The van der Waals surface area contributed by atoms with Crippen molar-refractivity contribution in [2.75, 3.05) is 24.8 Å². The monoisotopic (exact) mass is 424 g/mol. The van der Waals surface area contributed by atoms with Gasteiger partial charge in [-0.1, -0.05) is 25.1 Å². The number of aliphatic hydroxyl groups is 1. The highest BCUT2D eigenvalue weighted by Gasteiger charge is 2.34. The lowest BCUT2D eigenvalue weighted by molar-refractivity contribution is -0.117. The number of hydrogen-bond acceptors (Lipinski definition) is 5. The van der Waals surface area contributed by atoms with Gasteiger partial charge in [0.25, 0.3) is 11.8 Å². The topological polar surface area (TPSA) is 88.1 Å².